The molecule has 0 radical (unpaired) electrons. The Morgan fingerprint density at radius 1 is 0.973 bits per heavy atom. The van der Waals surface area contributed by atoms with Crippen molar-refractivity contribution < 1.29 is 4.79 Å². The zero-order chi connectivity index (χ0) is 24.9. The van der Waals surface area contributed by atoms with Gasteiger partial charge in [0.1, 0.15) is 5.82 Å². The molecule has 1 unspecified atom stereocenters. The summed E-state index contributed by atoms with van der Waals surface area (Å²) in [5.74, 6) is 1.17. The Kier molecular flexibility index (Phi) is 5.43. The van der Waals surface area contributed by atoms with Crippen molar-refractivity contribution in [1.82, 2.24) is 29.8 Å². The summed E-state index contributed by atoms with van der Waals surface area (Å²) in [6.07, 6.45) is 9.78. The molecule has 0 saturated carbocycles. The van der Waals surface area contributed by atoms with E-state index in [1.165, 1.54) is 0 Å². The number of carbonyl (C=O) groups excluding carboxylic acids is 1. The van der Waals surface area contributed by atoms with E-state index in [1.54, 1.807) is 4.52 Å². The fourth-order valence-electron chi connectivity index (χ4n) is 6.61. The van der Waals surface area contributed by atoms with Gasteiger partial charge in [-0.3, -0.25) is 9.78 Å². The third-order valence-electron chi connectivity index (χ3n) is 8.43. The van der Waals surface area contributed by atoms with E-state index in [0.29, 0.717) is 11.7 Å². The second kappa shape index (κ2) is 8.95. The number of nitrogen functional groups attached to an aromatic ring is 1. The van der Waals surface area contributed by atoms with Crippen molar-refractivity contribution in [2.75, 3.05) is 12.3 Å². The Hall–Kier alpha value is -3.78. The molecule has 3 fully saturated rings. The lowest BCUT2D eigenvalue weighted by Crippen LogP contribution is -2.52. The van der Waals surface area contributed by atoms with Gasteiger partial charge in [-0.2, -0.15) is 9.61 Å². The van der Waals surface area contributed by atoms with Crippen LogP contribution in [-0.4, -0.2) is 55.1 Å². The molecule has 6 heterocycles. The SMILES string of the molecule is Nc1cc([C@@H]2CC3CC[C@@H](C2)N3C(=O)[C@H]2CCCN2)nc2c(-c3ccc(-c4ccccc4)nc3)cnn12. The molecule has 0 spiro atoms. The van der Waals surface area contributed by atoms with Crippen molar-refractivity contribution in [1.29, 1.82) is 0 Å². The Balaban J connectivity index is 1.17. The van der Waals surface area contributed by atoms with Crippen LogP contribution in [0.4, 0.5) is 5.82 Å². The normalized spacial score (nSPS) is 25.1. The first-order chi connectivity index (χ1) is 18.2. The number of piperidine rings is 1. The predicted octanol–water partition coefficient (Wildman–Crippen LogP) is 4.03. The molecular weight excluding hydrogens is 462 g/mol. The Labute approximate surface area is 215 Å². The number of fused-ring (bicyclic) bond motifs is 3. The number of hydrogen-bond donors (Lipinski definition) is 2. The van der Waals surface area contributed by atoms with Crippen LogP contribution < -0.4 is 11.1 Å². The second-order valence-corrected chi connectivity index (χ2v) is 10.6. The summed E-state index contributed by atoms with van der Waals surface area (Å²) in [5, 5.41) is 7.91. The van der Waals surface area contributed by atoms with Crippen LogP contribution in [0.1, 0.15) is 50.1 Å². The first-order valence-electron chi connectivity index (χ1n) is 13.4. The van der Waals surface area contributed by atoms with Crippen LogP contribution >= 0.6 is 0 Å². The van der Waals surface area contributed by atoms with Gasteiger partial charge in [0.2, 0.25) is 5.91 Å². The van der Waals surface area contributed by atoms with Crippen LogP contribution in [0.5, 0.6) is 0 Å². The maximum absolute atomic E-state index is 13.2. The summed E-state index contributed by atoms with van der Waals surface area (Å²) in [7, 11) is 0. The summed E-state index contributed by atoms with van der Waals surface area (Å²) < 4.78 is 1.71. The summed E-state index contributed by atoms with van der Waals surface area (Å²) in [6.45, 7) is 0.948. The van der Waals surface area contributed by atoms with E-state index >= 15 is 0 Å². The monoisotopic (exact) mass is 493 g/mol. The summed E-state index contributed by atoms with van der Waals surface area (Å²) in [4.78, 5) is 25.2. The van der Waals surface area contributed by atoms with Crippen molar-refractivity contribution in [2.45, 2.75) is 62.6 Å². The molecule has 37 heavy (non-hydrogen) atoms. The number of aromatic nitrogens is 4. The van der Waals surface area contributed by atoms with Crippen LogP contribution in [-0.2, 0) is 4.79 Å². The number of nitrogens with one attached hydrogen (secondary N) is 1. The van der Waals surface area contributed by atoms with Crippen molar-refractivity contribution in [3.8, 4) is 22.4 Å². The lowest BCUT2D eigenvalue weighted by Gasteiger charge is -2.40. The molecule has 3 saturated heterocycles. The van der Waals surface area contributed by atoms with Gasteiger partial charge < -0.3 is 16.0 Å². The topological polar surface area (TPSA) is 101 Å². The highest BCUT2D eigenvalue weighted by Gasteiger charge is 2.45. The first-order valence-corrected chi connectivity index (χ1v) is 13.4. The molecule has 3 N–H and O–H groups in total. The smallest absolute Gasteiger partial charge is 0.240 e. The Bertz CT molecular complexity index is 1430. The summed E-state index contributed by atoms with van der Waals surface area (Å²) in [6, 6.07) is 16.8. The van der Waals surface area contributed by atoms with Crippen molar-refractivity contribution in [2.24, 2.45) is 0 Å². The number of hydrogen-bond acceptors (Lipinski definition) is 6. The quantitative estimate of drug-likeness (QED) is 0.445. The maximum Gasteiger partial charge on any atom is 0.240 e. The van der Waals surface area contributed by atoms with Crippen molar-refractivity contribution >= 4 is 17.4 Å². The molecule has 3 aliphatic rings. The third kappa shape index (κ3) is 3.87. The first kappa shape index (κ1) is 22.4. The molecule has 7 rings (SSSR count). The van der Waals surface area contributed by atoms with Crippen LogP contribution in [0.15, 0.2) is 60.9 Å². The minimum absolute atomic E-state index is 0.000935. The number of pyridine rings is 1. The average Bonchev–Trinajstić information content (AvgIpc) is 3.68. The second-order valence-electron chi connectivity index (χ2n) is 10.6. The lowest BCUT2D eigenvalue weighted by atomic mass is 9.87. The number of amides is 1. The van der Waals surface area contributed by atoms with Gasteiger partial charge in [-0.15, -0.1) is 0 Å². The van der Waals surface area contributed by atoms with Gasteiger partial charge >= 0.3 is 0 Å². The molecule has 1 amide bonds. The van der Waals surface area contributed by atoms with Gasteiger partial charge in [0.25, 0.3) is 0 Å². The molecule has 8 nitrogen and oxygen atoms in total. The fourth-order valence-corrected chi connectivity index (χ4v) is 6.61. The van der Waals surface area contributed by atoms with Gasteiger partial charge in [-0.25, -0.2) is 4.98 Å². The molecule has 1 aromatic carbocycles. The highest BCUT2D eigenvalue weighted by Crippen LogP contribution is 2.44. The largest absolute Gasteiger partial charge is 0.384 e. The molecule has 3 aromatic heterocycles. The van der Waals surface area contributed by atoms with Gasteiger partial charge in [-0.1, -0.05) is 36.4 Å². The van der Waals surface area contributed by atoms with E-state index in [1.807, 2.05) is 42.7 Å². The Morgan fingerprint density at radius 2 is 1.78 bits per heavy atom. The van der Waals surface area contributed by atoms with E-state index in [9.17, 15) is 4.79 Å². The van der Waals surface area contributed by atoms with Crippen LogP contribution in [0, 0.1) is 0 Å². The predicted molar refractivity (Wildman–Crippen MR) is 143 cm³/mol. The van der Waals surface area contributed by atoms with E-state index in [4.69, 9.17) is 15.7 Å². The molecule has 2 bridgehead atoms. The average molecular weight is 494 g/mol. The number of rotatable bonds is 4. The summed E-state index contributed by atoms with van der Waals surface area (Å²) >= 11 is 0. The number of benzene rings is 1. The number of nitrogens with zero attached hydrogens (tertiary/aromatic N) is 5. The molecular formula is C29H31N7O. The van der Waals surface area contributed by atoms with Gasteiger partial charge in [0.15, 0.2) is 5.65 Å². The van der Waals surface area contributed by atoms with Crippen molar-refractivity contribution in [3.05, 3.63) is 66.6 Å². The van der Waals surface area contributed by atoms with E-state index in [2.05, 4.69) is 33.5 Å². The number of nitrogens with two attached hydrogens (primary N) is 1. The van der Waals surface area contributed by atoms with Gasteiger partial charge in [0, 0.05) is 52.6 Å². The third-order valence-corrected chi connectivity index (χ3v) is 8.43. The fraction of sp³-hybridized carbons (Fsp3) is 0.379. The molecule has 0 aliphatic carbocycles. The minimum atomic E-state index is 0.000935. The van der Waals surface area contributed by atoms with E-state index in [-0.39, 0.29) is 24.0 Å². The molecule has 4 atom stereocenters. The van der Waals surface area contributed by atoms with Crippen LogP contribution in [0.2, 0.25) is 0 Å². The summed E-state index contributed by atoms with van der Waals surface area (Å²) in [5.41, 5.74) is 12.1. The van der Waals surface area contributed by atoms with E-state index in [0.717, 1.165) is 78.8 Å². The highest BCUT2D eigenvalue weighted by atomic mass is 16.2. The van der Waals surface area contributed by atoms with E-state index < -0.39 is 0 Å². The maximum atomic E-state index is 13.2. The van der Waals surface area contributed by atoms with Crippen LogP contribution in [0.25, 0.3) is 28.0 Å². The molecule has 3 aliphatic heterocycles. The van der Waals surface area contributed by atoms with Gasteiger partial charge in [0.05, 0.1) is 17.9 Å². The van der Waals surface area contributed by atoms with Gasteiger partial charge in [-0.05, 0) is 51.1 Å². The zero-order valence-electron chi connectivity index (χ0n) is 20.8. The van der Waals surface area contributed by atoms with Crippen molar-refractivity contribution in [3.63, 3.8) is 0 Å². The molecule has 188 valence electrons. The zero-order valence-corrected chi connectivity index (χ0v) is 20.8. The van der Waals surface area contributed by atoms with Crippen LogP contribution in [0.3, 0.4) is 0 Å². The number of carbonyl (C=O) groups is 1. The molecule has 8 heteroatoms. The standard InChI is InChI=1S/C29H31N7O/c30-27-15-26(20-13-21-9-10-22(14-20)35(21)29(37)25-7-4-12-31-25)34-28-23(17-33-36(27)28)19-8-11-24(32-16-19)18-5-2-1-3-6-18/h1-3,5-6,8,11,15-17,20-22,25,31H,4,7,9-10,12-14,30H2/t20-,21-,22?,25+/m0/s1. The number of anilines is 1. The molecule has 4 aromatic rings. The minimum Gasteiger partial charge on any atom is -0.384 e. The highest BCUT2D eigenvalue weighted by molar-refractivity contribution is 5.83. The lowest BCUT2D eigenvalue weighted by molar-refractivity contribution is -0.137. The Morgan fingerprint density at radius 3 is 2.49 bits per heavy atom.